The van der Waals surface area contributed by atoms with Crippen LogP contribution < -0.4 is 0 Å². The highest BCUT2D eigenvalue weighted by Crippen LogP contribution is 2.37. The van der Waals surface area contributed by atoms with Crippen molar-refractivity contribution in [1.29, 1.82) is 0 Å². The van der Waals surface area contributed by atoms with E-state index in [9.17, 15) is 14.9 Å². The summed E-state index contributed by atoms with van der Waals surface area (Å²) in [5.41, 5.74) is 0.303. The summed E-state index contributed by atoms with van der Waals surface area (Å²) in [5, 5.41) is 12.0. The van der Waals surface area contributed by atoms with Gasteiger partial charge in [-0.1, -0.05) is 60.7 Å². The quantitative estimate of drug-likeness (QED) is 0.442. The standard InChI is InChI=1S/C19H21NO4/c1-19(20(22)23,14-15-9-5-3-6-10-15)17(13-18(21)24-2)16-11-7-4-8-12-16/h3-12,17H,13-14H2,1-2H3. The number of hydrogen-bond acceptors (Lipinski definition) is 4. The first kappa shape index (κ1) is 17.7. The fraction of sp³-hybridized carbons (Fsp3) is 0.316. The molecule has 0 bridgehead atoms. The number of nitro groups is 1. The Bertz CT molecular complexity index is 687. The first-order valence-corrected chi connectivity index (χ1v) is 7.77. The molecule has 2 aromatic rings. The third kappa shape index (κ3) is 3.98. The van der Waals surface area contributed by atoms with Crippen LogP contribution in [-0.4, -0.2) is 23.5 Å². The number of benzene rings is 2. The fourth-order valence-electron chi connectivity index (χ4n) is 2.96. The first-order chi connectivity index (χ1) is 11.5. The summed E-state index contributed by atoms with van der Waals surface area (Å²) in [6.45, 7) is 1.60. The van der Waals surface area contributed by atoms with Gasteiger partial charge in [0.05, 0.1) is 19.4 Å². The number of ether oxygens (including phenoxy) is 1. The molecule has 0 saturated carbocycles. The minimum Gasteiger partial charge on any atom is -0.469 e. The SMILES string of the molecule is COC(=O)CC(c1ccccc1)C(C)(Cc1ccccc1)[N+](=O)[O-]. The molecule has 2 unspecified atom stereocenters. The fourth-order valence-corrected chi connectivity index (χ4v) is 2.96. The van der Waals surface area contributed by atoms with Crippen molar-refractivity contribution in [1.82, 2.24) is 0 Å². The van der Waals surface area contributed by atoms with Crippen LogP contribution in [0.25, 0.3) is 0 Å². The second kappa shape index (κ2) is 7.73. The highest BCUT2D eigenvalue weighted by Gasteiger charge is 2.47. The minimum absolute atomic E-state index is 0.0369. The molecule has 0 aliphatic heterocycles. The van der Waals surface area contributed by atoms with Crippen molar-refractivity contribution in [3.63, 3.8) is 0 Å². The first-order valence-electron chi connectivity index (χ1n) is 7.77. The predicted molar refractivity (Wildman–Crippen MR) is 91.4 cm³/mol. The zero-order valence-electron chi connectivity index (χ0n) is 13.8. The van der Waals surface area contributed by atoms with E-state index in [1.165, 1.54) is 7.11 Å². The Morgan fingerprint density at radius 2 is 1.67 bits per heavy atom. The molecule has 0 N–H and O–H groups in total. The smallest absolute Gasteiger partial charge is 0.306 e. The Balaban J connectivity index is 2.45. The number of methoxy groups -OCH3 is 1. The van der Waals surface area contributed by atoms with Gasteiger partial charge in [0.1, 0.15) is 0 Å². The van der Waals surface area contributed by atoms with Gasteiger partial charge < -0.3 is 4.74 Å². The Kier molecular flexibility index (Phi) is 5.68. The van der Waals surface area contributed by atoms with E-state index < -0.39 is 17.4 Å². The van der Waals surface area contributed by atoms with Crippen molar-refractivity contribution in [3.8, 4) is 0 Å². The van der Waals surface area contributed by atoms with Crippen LogP contribution in [-0.2, 0) is 16.0 Å². The summed E-state index contributed by atoms with van der Waals surface area (Å²) < 4.78 is 4.77. The second-order valence-corrected chi connectivity index (χ2v) is 6.02. The molecule has 2 atom stereocenters. The number of nitrogens with zero attached hydrogens (tertiary/aromatic N) is 1. The highest BCUT2D eigenvalue weighted by molar-refractivity contribution is 5.70. The molecule has 5 heteroatoms. The molecule has 0 aliphatic rings. The maximum absolute atomic E-state index is 12.0. The molecule has 0 heterocycles. The molecule has 2 rings (SSSR count). The Hall–Kier alpha value is -2.69. The second-order valence-electron chi connectivity index (χ2n) is 6.02. The van der Waals surface area contributed by atoms with Crippen molar-refractivity contribution < 1.29 is 14.5 Å². The van der Waals surface area contributed by atoms with Gasteiger partial charge in [-0.25, -0.2) is 0 Å². The average Bonchev–Trinajstić information content (AvgIpc) is 2.60. The van der Waals surface area contributed by atoms with Gasteiger partial charge in [-0.2, -0.15) is 0 Å². The molecule has 126 valence electrons. The minimum atomic E-state index is -1.32. The van der Waals surface area contributed by atoms with Crippen molar-refractivity contribution >= 4 is 5.97 Å². The molecular weight excluding hydrogens is 306 g/mol. The molecule has 5 nitrogen and oxygen atoms in total. The molecular formula is C19H21NO4. The van der Waals surface area contributed by atoms with Gasteiger partial charge in [-0.3, -0.25) is 14.9 Å². The van der Waals surface area contributed by atoms with Gasteiger partial charge in [-0.15, -0.1) is 0 Å². The Labute approximate surface area is 141 Å². The van der Waals surface area contributed by atoms with Crippen LogP contribution in [0.4, 0.5) is 0 Å². The summed E-state index contributed by atoms with van der Waals surface area (Å²) in [4.78, 5) is 23.6. The highest BCUT2D eigenvalue weighted by atomic mass is 16.6. The summed E-state index contributed by atoms with van der Waals surface area (Å²) in [6.07, 6.45) is 0.197. The van der Waals surface area contributed by atoms with Crippen molar-refractivity contribution in [2.45, 2.75) is 31.2 Å². The van der Waals surface area contributed by atoms with E-state index in [1.807, 2.05) is 60.7 Å². The maximum Gasteiger partial charge on any atom is 0.306 e. The number of esters is 1. The van der Waals surface area contributed by atoms with Crippen LogP contribution in [0.1, 0.15) is 30.4 Å². The zero-order valence-corrected chi connectivity index (χ0v) is 13.8. The van der Waals surface area contributed by atoms with E-state index in [0.29, 0.717) is 0 Å². The third-order valence-corrected chi connectivity index (χ3v) is 4.37. The van der Waals surface area contributed by atoms with E-state index in [4.69, 9.17) is 4.74 Å². The van der Waals surface area contributed by atoms with E-state index >= 15 is 0 Å². The van der Waals surface area contributed by atoms with E-state index in [-0.39, 0.29) is 17.8 Å². The average molecular weight is 327 g/mol. The normalized spacial score (nSPS) is 14.4. The molecule has 0 aliphatic carbocycles. The van der Waals surface area contributed by atoms with Crippen LogP contribution in [0.15, 0.2) is 60.7 Å². The summed E-state index contributed by atoms with van der Waals surface area (Å²) in [6, 6.07) is 18.4. The lowest BCUT2D eigenvalue weighted by Gasteiger charge is -2.30. The molecule has 0 amide bonds. The number of carbonyl (C=O) groups is 1. The zero-order chi connectivity index (χ0) is 17.6. The van der Waals surface area contributed by atoms with Crippen LogP contribution >= 0.6 is 0 Å². The molecule has 0 saturated heterocycles. The van der Waals surface area contributed by atoms with Gasteiger partial charge in [-0.05, 0) is 11.1 Å². The van der Waals surface area contributed by atoms with Crippen LogP contribution in [0.2, 0.25) is 0 Å². The molecule has 2 aromatic carbocycles. The monoisotopic (exact) mass is 327 g/mol. The Morgan fingerprint density at radius 1 is 1.12 bits per heavy atom. The lowest BCUT2D eigenvalue weighted by Crippen LogP contribution is -2.44. The van der Waals surface area contributed by atoms with Gasteiger partial charge in [0.15, 0.2) is 0 Å². The predicted octanol–water partition coefficient (Wildman–Crippen LogP) is 3.61. The summed E-state index contributed by atoms with van der Waals surface area (Å²) in [7, 11) is 1.30. The van der Waals surface area contributed by atoms with Crippen LogP contribution in [0, 0.1) is 10.1 Å². The van der Waals surface area contributed by atoms with Crippen molar-refractivity contribution in [3.05, 3.63) is 81.9 Å². The Morgan fingerprint density at radius 3 is 2.17 bits per heavy atom. The number of carbonyl (C=O) groups excluding carboxylic acids is 1. The third-order valence-electron chi connectivity index (χ3n) is 4.37. The molecule has 24 heavy (non-hydrogen) atoms. The van der Waals surface area contributed by atoms with Crippen molar-refractivity contribution in [2.24, 2.45) is 0 Å². The lowest BCUT2D eigenvalue weighted by molar-refractivity contribution is -0.570. The largest absolute Gasteiger partial charge is 0.469 e. The molecule has 0 fully saturated rings. The van der Waals surface area contributed by atoms with Gasteiger partial charge >= 0.3 is 5.97 Å². The van der Waals surface area contributed by atoms with Crippen LogP contribution in [0.3, 0.4) is 0 Å². The molecule has 0 aromatic heterocycles. The summed E-state index contributed by atoms with van der Waals surface area (Å²) >= 11 is 0. The van der Waals surface area contributed by atoms with E-state index in [1.54, 1.807) is 6.92 Å². The number of hydrogen-bond donors (Lipinski definition) is 0. The van der Waals surface area contributed by atoms with Gasteiger partial charge in [0.25, 0.3) is 0 Å². The topological polar surface area (TPSA) is 69.4 Å². The van der Waals surface area contributed by atoms with Gasteiger partial charge in [0.2, 0.25) is 5.54 Å². The van der Waals surface area contributed by atoms with E-state index in [0.717, 1.165) is 11.1 Å². The lowest BCUT2D eigenvalue weighted by atomic mass is 9.75. The summed E-state index contributed by atoms with van der Waals surface area (Å²) in [5.74, 6) is -1.04. The van der Waals surface area contributed by atoms with E-state index in [2.05, 4.69) is 0 Å². The van der Waals surface area contributed by atoms with Gasteiger partial charge in [0, 0.05) is 18.3 Å². The van der Waals surface area contributed by atoms with Crippen LogP contribution in [0.5, 0.6) is 0 Å². The molecule has 0 spiro atoms. The number of rotatable bonds is 7. The van der Waals surface area contributed by atoms with Crippen molar-refractivity contribution in [2.75, 3.05) is 7.11 Å². The maximum atomic E-state index is 12.0. The molecule has 0 radical (unpaired) electrons.